The first-order chi connectivity index (χ1) is 9.79. The van der Waals surface area contributed by atoms with Crippen LogP contribution in [0.2, 0.25) is 0 Å². The van der Waals surface area contributed by atoms with Gasteiger partial charge in [-0.1, -0.05) is 18.5 Å². The monoisotopic (exact) mass is 278 g/mol. The second-order valence-corrected chi connectivity index (χ2v) is 4.36. The standard InChI is InChI=1S/C14H18N2O4/c1-2-3-6-15-14(17)10-18-9-11-8-13(20-16-11)12-5-4-7-19-12/h4-5,7-8H,2-3,6,9-10H2,1H3,(H,15,17). The smallest absolute Gasteiger partial charge is 0.246 e. The van der Waals surface area contributed by atoms with Gasteiger partial charge in [-0.2, -0.15) is 0 Å². The van der Waals surface area contributed by atoms with Gasteiger partial charge in [0.05, 0.1) is 12.9 Å². The van der Waals surface area contributed by atoms with Gasteiger partial charge < -0.3 is 19.0 Å². The molecule has 20 heavy (non-hydrogen) atoms. The molecule has 2 heterocycles. The van der Waals surface area contributed by atoms with Crippen LogP contribution in [0.5, 0.6) is 0 Å². The largest absolute Gasteiger partial charge is 0.461 e. The van der Waals surface area contributed by atoms with Crippen molar-refractivity contribution in [2.45, 2.75) is 26.4 Å². The molecule has 0 bridgehead atoms. The van der Waals surface area contributed by atoms with Gasteiger partial charge in [-0.25, -0.2) is 0 Å². The molecule has 2 aromatic rings. The third-order valence-corrected chi connectivity index (χ3v) is 2.66. The van der Waals surface area contributed by atoms with Gasteiger partial charge in [0.15, 0.2) is 5.76 Å². The van der Waals surface area contributed by atoms with E-state index in [1.54, 1.807) is 24.5 Å². The van der Waals surface area contributed by atoms with Gasteiger partial charge in [0, 0.05) is 12.6 Å². The number of furan rings is 1. The summed E-state index contributed by atoms with van der Waals surface area (Å²) >= 11 is 0. The highest BCUT2D eigenvalue weighted by atomic mass is 16.5. The molecule has 0 aliphatic carbocycles. The van der Waals surface area contributed by atoms with Crippen LogP contribution in [0.3, 0.4) is 0 Å². The summed E-state index contributed by atoms with van der Waals surface area (Å²) in [7, 11) is 0. The minimum atomic E-state index is -0.117. The van der Waals surface area contributed by atoms with Crippen LogP contribution < -0.4 is 5.32 Å². The molecule has 6 nitrogen and oxygen atoms in total. The quantitative estimate of drug-likeness (QED) is 0.750. The van der Waals surface area contributed by atoms with Crippen molar-refractivity contribution < 1.29 is 18.5 Å². The highest BCUT2D eigenvalue weighted by Crippen LogP contribution is 2.20. The molecule has 6 heteroatoms. The lowest BCUT2D eigenvalue weighted by molar-refractivity contribution is -0.126. The molecular formula is C14H18N2O4. The minimum Gasteiger partial charge on any atom is -0.461 e. The Balaban J connectivity index is 1.71. The van der Waals surface area contributed by atoms with Crippen LogP contribution in [0.1, 0.15) is 25.5 Å². The highest BCUT2D eigenvalue weighted by molar-refractivity contribution is 5.77. The number of unbranched alkanes of at least 4 members (excludes halogenated alkanes) is 1. The van der Waals surface area contributed by atoms with E-state index in [2.05, 4.69) is 17.4 Å². The molecule has 108 valence electrons. The molecule has 2 rings (SSSR count). The number of hydrogen-bond donors (Lipinski definition) is 1. The fourth-order valence-corrected chi connectivity index (χ4v) is 1.62. The van der Waals surface area contributed by atoms with E-state index in [-0.39, 0.29) is 19.1 Å². The van der Waals surface area contributed by atoms with E-state index in [4.69, 9.17) is 13.7 Å². The number of carbonyl (C=O) groups excluding carboxylic acids is 1. The first-order valence-corrected chi connectivity index (χ1v) is 6.63. The summed E-state index contributed by atoms with van der Waals surface area (Å²) < 4.78 is 15.6. The predicted molar refractivity (Wildman–Crippen MR) is 71.8 cm³/mol. The second kappa shape index (κ2) is 7.49. The van der Waals surface area contributed by atoms with Crippen molar-refractivity contribution in [3.05, 3.63) is 30.2 Å². The number of rotatable bonds is 8. The Morgan fingerprint density at radius 2 is 2.35 bits per heavy atom. The van der Waals surface area contributed by atoms with Gasteiger partial charge in [-0.15, -0.1) is 0 Å². The molecule has 0 aliphatic rings. The summed E-state index contributed by atoms with van der Waals surface area (Å²) in [4.78, 5) is 11.4. The zero-order valence-corrected chi connectivity index (χ0v) is 11.4. The van der Waals surface area contributed by atoms with Gasteiger partial charge in [0.25, 0.3) is 0 Å². The summed E-state index contributed by atoms with van der Waals surface area (Å²) in [5.41, 5.74) is 0.623. The van der Waals surface area contributed by atoms with Crippen LogP contribution in [0, 0.1) is 0 Å². The van der Waals surface area contributed by atoms with Crippen LogP contribution in [0.15, 0.2) is 33.4 Å². The maximum absolute atomic E-state index is 11.4. The Kier molecular flexibility index (Phi) is 5.37. The van der Waals surface area contributed by atoms with Crippen molar-refractivity contribution in [3.8, 4) is 11.5 Å². The van der Waals surface area contributed by atoms with Crippen molar-refractivity contribution in [3.63, 3.8) is 0 Å². The van der Waals surface area contributed by atoms with Crippen molar-refractivity contribution >= 4 is 5.91 Å². The molecule has 0 radical (unpaired) electrons. The van der Waals surface area contributed by atoms with Gasteiger partial charge >= 0.3 is 0 Å². The Hall–Kier alpha value is -2.08. The number of nitrogens with zero attached hydrogens (tertiary/aromatic N) is 1. The lowest BCUT2D eigenvalue weighted by Crippen LogP contribution is -2.28. The van der Waals surface area contributed by atoms with Crippen molar-refractivity contribution in [1.29, 1.82) is 0 Å². The normalized spacial score (nSPS) is 10.7. The Bertz CT molecular complexity index is 519. The molecular weight excluding hydrogens is 260 g/mol. The van der Waals surface area contributed by atoms with Crippen molar-refractivity contribution in [1.82, 2.24) is 10.5 Å². The third-order valence-electron chi connectivity index (χ3n) is 2.66. The molecule has 1 amide bonds. The zero-order chi connectivity index (χ0) is 14.2. The molecule has 0 unspecified atom stereocenters. The van der Waals surface area contributed by atoms with Gasteiger partial charge in [0.2, 0.25) is 11.7 Å². The fraction of sp³-hybridized carbons (Fsp3) is 0.429. The molecule has 0 saturated carbocycles. The van der Waals surface area contributed by atoms with Crippen molar-refractivity contribution in [2.75, 3.05) is 13.2 Å². The van der Waals surface area contributed by atoms with E-state index in [0.29, 0.717) is 23.8 Å². The van der Waals surface area contributed by atoms with Crippen LogP contribution in [-0.4, -0.2) is 24.2 Å². The Morgan fingerprint density at radius 3 is 3.10 bits per heavy atom. The fourth-order valence-electron chi connectivity index (χ4n) is 1.62. The van der Waals surface area contributed by atoms with Crippen LogP contribution in [-0.2, 0) is 16.1 Å². The van der Waals surface area contributed by atoms with E-state index in [0.717, 1.165) is 12.8 Å². The molecule has 0 saturated heterocycles. The summed E-state index contributed by atoms with van der Waals surface area (Å²) in [6.07, 6.45) is 3.59. The first kappa shape index (κ1) is 14.3. The number of aromatic nitrogens is 1. The van der Waals surface area contributed by atoms with Gasteiger partial charge in [-0.3, -0.25) is 4.79 Å². The molecule has 0 atom stereocenters. The summed E-state index contributed by atoms with van der Waals surface area (Å²) in [6, 6.07) is 5.29. The zero-order valence-electron chi connectivity index (χ0n) is 11.4. The second-order valence-electron chi connectivity index (χ2n) is 4.36. The predicted octanol–water partition coefficient (Wildman–Crippen LogP) is 2.37. The summed E-state index contributed by atoms with van der Waals surface area (Å²) in [6.45, 7) is 3.01. The molecule has 0 aliphatic heterocycles. The van der Waals surface area contributed by atoms with E-state index in [9.17, 15) is 4.79 Å². The molecule has 0 aromatic carbocycles. The van der Waals surface area contributed by atoms with Gasteiger partial charge in [-0.05, 0) is 18.6 Å². The topological polar surface area (TPSA) is 77.5 Å². The van der Waals surface area contributed by atoms with Crippen molar-refractivity contribution in [2.24, 2.45) is 0 Å². The lowest BCUT2D eigenvalue weighted by atomic mass is 10.3. The van der Waals surface area contributed by atoms with E-state index < -0.39 is 0 Å². The third kappa shape index (κ3) is 4.24. The number of carbonyl (C=O) groups is 1. The van der Waals surface area contributed by atoms with E-state index in [1.165, 1.54) is 0 Å². The van der Waals surface area contributed by atoms with Crippen LogP contribution >= 0.6 is 0 Å². The summed E-state index contributed by atoms with van der Waals surface area (Å²) in [5.74, 6) is 1.04. The van der Waals surface area contributed by atoms with Gasteiger partial charge in [0.1, 0.15) is 12.3 Å². The number of hydrogen-bond acceptors (Lipinski definition) is 5. The lowest BCUT2D eigenvalue weighted by Gasteiger charge is -2.03. The minimum absolute atomic E-state index is 0.0205. The highest BCUT2D eigenvalue weighted by Gasteiger charge is 2.09. The average molecular weight is 278 g/mol. The Morgan fingerprint density at radius 1 is 1.45 bits per heavy atom. The Labute approximate surface area is 117 Å². The molecule has 0 fully saturated rings. The molecule has 1 N–H and O–H groups in total. The average Bonchev–Trinajstić information content (AvgIpc) is 3.09. The first-order valence-electron chi connectivity index (χ1n) is 6.63. The van der Waals surface area contributed by atoms with E-state index >= 15 is 0 Å². The van der Waals surface area contributed by atoms with Crippen LogP contribution in [0.4, 0.5) is 0 Å². The number of amides is 1. The maximum atomic E-state index is 11.4. The molecule has 2 aromatic heterocycles. The molecule has 0 spiro atoms. The van der Waals surface area contributed by atoms with Crippen LogP contribution in [0.25, 0.3) is 11.5 Å². The SMILES string of the molecule is CCCCNC(=O)COCc1cc(-c2ccco2)on1. The van der Waals surface area contributed by atoms with E-state index in [1.807, 2.05) is 0 Å². The number of nitrogens with one attached hydrogen (secondary N) is 1. The maximum Gasteiger partial charge on any atom is 0.246 e. The number of ether oxygens (including phenoxy) is 1. The summed E-state index contributed by atoms with van der Waals surface area (Å²) in [5, 5.41) is 6.63.